The van der Waals surface area contributed by atoms with Crippen molar-refractivity contribution in [1.29, 1.82) is 0 Å². The number of nitrogens with one attached hydrogen (secondary N) is 1. The molecular formula is C14H18N2O5S. The Kier molecular flexibility index (Phi) is 3.96. The molecule has 0 radical (unpaired) electrons. The number of hydrogen-bond donors (Lipinski definition) is 1. The standard InChI is InChI=1S/C14H18N2O5S/c1-22(18,19)16(11-3-4-11)7-6-15-14(17)10-2-5-12-13(8-10)21-9-20-12/h2,5,8,11H,3-4,6-7,9H2,1H3,(H,15,17). The summed E-state index contributed by atoms with van der Waals surface area (Å²) in [6.07, 6.45) is 2.98. The summed E-state index contributed by atoms with van der Waals surface area (Å²) in [4.78, 5) is 12.1. The minimum absolute atomic E-state index is 0.0949. The van der Waals surface area contributed by atoms with E-state index in [1.807, 2.05) is 0 Å². The zero-order valence-corrected chi connectivity index (χ0v) is 13.1. The normalized spacial score (nSPS) is 16.8. The molecule has 0 spiro atoms. The van der Waals surface area contributed by atoms with Crippen molar-refractivity contribution >= 4 is 15.9 Å². The van der Waals surface area contributed by atoms with Crippen LogP contribution in [0, 0.1) is 0 Å². The molecule has 0 atom stereocenters. The molecular weight excluding hydrogens is 308 g/mol. The third kappa shape index (κ3) is 3.33. The number of ether oxygens (including phenoxy) is 2. The molecule has 1 aliphatic heterocycles. The van der Waals surface area contributed by atoms with Gasteiger partial charge < -0.3 is 14.8 Å². The fourth-order valence-electron chi connectivity index (χ4n) is 2.40. The molecule has 1 aliphatic carbocycles. The van der Waals surface area contributed by atoms with Crippen LogP contribution in [0.15, 0.2) is 18.2 Å². The Morgan fingerprint density at radius 3 is 2.73 bits per heavy atom. The monoisotopic (exact) mass is 326 g/mol. The van der Waals surface area contributed by atoms with Crippen molar-refractivity contribution in [1.82, 2.24) is 9.62 Å². The smallest absolute Gasteiger partial charge is 0.251 e. The molecule has 3 rings (SSSR count). The van der Waals surface area contributed by atoms with Gasteiger partial charge in [-0.05, 0) is 31.0 Å². The minimum Gasteiger partial charge on any atom is -0.454 e. The predicted molar refractivity (Wildman–Crippen MR) is 79.5 cm³/mol. The van der Waals surface area contributed by atoms with Gasteiger partial charge in [0.25, 0.3) is 5.91 Å². The fraction of sp³-hybridized carbons (Fsp3) is 0.500. The summed E-state index contributed by atoms with van der Waals surface area (Å²) in [5.41, 5.74) is 0.460. The van der Waals surface area contributed by atoms with Gasteiger partial charge in [-0.15, -0.1) is 0 Å². The van der Waals surface area contributed by atoms with Gasteiger partial charge in [0, 0.05) is 24.7 Å². The summed E-state index contributed by atoms with van der Waals surface area (Å²) in [5.74, 6) is 0.902. The van der Waals surface area contributed by atoms with E-state index in [1.165, 1.54) is 10.6 Å². The van der Waals surface area contributed by atoms with Gasteiger partial charge in [0.1, 0.15) is 0 Å². The molecule has 0 aromatic heterocycles. The zero-order valence-electron chi connectivity index (χ0n) is 12.2. The van der Waals surface area contributed by atoms with Crippen LogP contribution in [0.25, 0.3) is 0 Å². The SMILES string of the molecule is CS(=O)(=O)N(CCNC(=O)c1ccc2c(c1)OCO2)C1CC1. The Bertz CT molecular complexity index is 684. The molecule has 7 nitrogen and oxygen atoms in total. The molecule has 1 N–H and O–H groups in total. The molecule has 0 bridgehead atoms. The maximum atomic E-state index is 12.1. The van der Waals surface area contributed by atoms with Gasteiger partial charge in [-0.25, -0.2) is 8.42 Å². The second-order valence-electron chi connectivity index (χ2n) is 5.43. The van der Waals surface area contributed by atoms with E-state index in [0.29, 0.717) is 23.6 Å². The van der Waals surface area contributed by atoms with E-state index in [0.717, 1.165) is 12.8 Å². The van der Waals surface area contributed by atoms with Crippen molar-refractivity contribution in [3.63, 3.8) is 0 Å². The first-order valence-electron chi connectivity index (χ1n) is 7.10. The summed E-state index contributed by atoms with van der Waals surface area (Å²) in [5, 5.41) is 2.73. The Morgan fingerprint density at radius 2 is 2.05 bits per heavy atom. The fourth-order valence-corrected chi connectivity index (χ4v) is 3.58. The second kappa shape index (κ2) is 5.77. The van der Waals surface area contributed by atoms with Gasteiger partial charge in [0.05, 0.1) is 6.26 Å². The van der Waals surface area contributed by atoms with E-state index in [2.05, 4.69) is 5.32 Å². The van der Waals surface area contributed by atoms with Crippen LogP contribution in [0.5, 0.6) is 11.5 Å². The predicted octanol–water partition coefficient (Wildman–Crippen LogP) is 0.569. The van der Waals surface area contributed by atoms with Gasteiger partial charge >= 0.3 is 0 Å². The number of benzene rings is 1. The lowest BCUT2D eigenvalue weighted by Gasteiger charge is -2.19. The van der Waals surface area contributed by atoms with Gasteiger partial charge in [-0.1, -0.05) is 0 Å². The maximum Gasteiger partial charge on any atom is 0.251 e. The summed E-state index contributed by atoms with van der Waals surface area (Å²) in [6.45, 7) is 0.724. The van der Waals surface area contributed by atoms with Crippen molar-refractivity contribution in [2.45, 2.75) is 18.9 Å². The number of sulfonamides is 1. The number of hydrogen-bond acceptors (Lipinski definition) is 5. The van der Waals surface area contributed by atoms with Gasteiger partial charge in [0.2, 0.25) is 16.8 Å². The van der Waals surface area contributed by atoms with E-state index >= 15 is 0 Å². The summed E-state index contributed by atoms with van der Waals surface area (Å²) < 4.78 is 35.2. The first-order chi connectivity index (χ1) is 10.4. The van der Waals surface area contributed by atoms with Crippen molar-refractivity contribution in [2.75, 3.05) is 26.1 Å². The van der Waals surface area contributed by atoms with Crippen LogP contribution in [0.3, 0.4) is 0 Å². The van der Waals surface area contributed by atoms with Crippen LogP contribution in [0.2, 0.25) is 0 Å². The lowest BCUT2D eigenvalue weighted by Crippen LogP contribution is -2.39. The summed E-state index contributed by atoms with van der Waals surface area (Å²) in [6, 6.07) is 5.05. The Balaban J connectivity index is 1.56. The lowest BCUT2D eigenvalue weighted by molar-refractivity contribution is 0.0951. The van der Waals surface area contributed by atoms with Crippen LogP contribution in [0.1, 0.15) is 23.2 Å². The van der Waals surface area contributed by atoms with E-state index in [9.17, 15) is 13.2 Å². The molecule has 1 aromatic carbocycles. The highest BCUT2D eigenvalue weighted by Crippen LogP contribution is 2.32. The third-order valence-corrected chi connectivity index (χ3v) is 4.97. The average Bonchev–Trinajstić information content (AvgIpc) is 3.17. The van der Waals surface area contributed by atoms with Gasteiger partial charge in [0.15, 0.2) is 11.5 Å². The van der Waals surface area contributed by atoms with Crippen LogP contribution >= 0.6 is 0 Å². The first-order valence-corrected chi connectivity index (χ1v) is 8.94. The molecule has 8 heteroatoms. The molecule has 2 aliphatic rings. The van der Waals surface area contributed by atoms with E-state index < -0.39 is 10.0 Å². The number of nitrogens with zero attached hydrogens (tertiary/aromatic N) is 1. The van der Waals surface area contributed by atoms with Crippen molar-refractivity contribution in [2.24, 2.45) is 0 Å². The lowest BCUT2D eigenvalue weighted by atomic mass is 10.2. The highest BCUT2D eigenvalue weighted by molar-refractivity contribution is 7.88. The third-order valence-electron chi connectivity index (χ3n) is 3.63. The van der Waals surface area contributed by atoms with E-state index in [4.69, 9.17) is 9.47 Å². The van der Waals surface area contributed by atoms with Crippen molar-refractivity contribution in [3.8, 4) is 11.5 Å². The van der Waals surface area contributed by atoms with Crippen molar-refractivity contribution in [3.05, 3.63) is 23.8 Å². The number of carbonyl (C=O) groups excluding carboxylic acids is 1. The molecule has 0 unspecified atom stereocenters. The summed E-state index contributed by atoms with van der Waals surface area (Å²) in [7, 11) is -3.23. The summed E-state index contributed by atoms with van der Waals surface area (Å²) >= 11 is 0. The largest absolute Gasteiger partial charge is 0.454 e. The topological polar surface area (TPSA) is 84.9 Å². The van der Waals surface area contributed by atoms with E-state index in [1.54, 1.807) is 18.2 Å². The van der Waals surface area contributed by atoms with Crippen molar-refractivity contribution < 1.29 is 22.7 Å². The van der Waals surface area contributed by atoms with Crippen LogP contribution in [-0.4, -0.2) is 50.8 Å². The van der Waals surface area contributed by atoms with Crippen LogP contribution < -0.4 is 14.8 Å². The molecule has 0 saturated heterocycles. The van der Waals surface area contributed by atoms with Gasteiger partial charge in [-0.2, -0.15) is 4.31 Å². The number of carbonyl (C=O) groups is 1. The average molecular weight is 326 g/mol. The van der Waals surface area contributed by atoms with Crippen LogP contribution in [-0.2, 0) is 10.0 Å². The Hall–Kier alpha value is -1.80. The molecule has 22 heavy (non-hydrogen) atoms. The molecule has 1 heterocycles. The van der Waals surface area contributed by atoms with Gasteiger partial charge in [-0.3, -0.25) is 4.79 Å². The van der Waals surface area contributed by atoms with E-state index in [-0.39, 0.29) is 25.3 Å². The molecule has 1 aromatic rings. The Morgan fingerprint density at radius 1 is 1.32 bits per heavy atom. The first kappa shape index (κ1) is 15.1. The number of fused-ring (bicyclic) bond motifs is 1. The Labute approximate surface area is 129 Å². The maximum absolute atomic E-state index is 12.1. The molecule has 1 fully saturated rings. The quantitative estimate of drug-likeness (QED) is 0.826. The molecule has 1 amide bonds. The second-order valence-corrected chi connectivity index (χ2v) is 7.36. The highest BCUT2D eigenvalue weighted by Gasteiger charge is 2.34. The number of amides is 1. The number of rotatable bonds is 6. The van der Waals surface area contributed by atoms with Crippen LogP contribution in [0.4, 0.5) is 0 Å². The minimum atomic E-state index is -3.23. The molecule has 1 saturated carbocycles. The zero-order chi connectivity index (χ0) is 15.7. The molecule has 120 valence electrons. The highest BCUT2D eigenvalue weighted by atomic mass is 32.2.